The Hall–Kier alpha value is -2.07. The maximum atomic E-state index is 11.3. The Bertz CT molecular complexity index is 816. The fourth-order valence-electron chi connectivity index (χ4n) is 2.70. The summed E-state index contributed by atoms with van der Waals surface area (Å²) in [6, 6.07) is 7.73. The van der Waals surface area contributed by atoms with E-state index in [4.69, 9.17) is 11.6 Å². The van der Waals surface area contributed by atoms with Crippen molar-refractivity contribution in [1.29, 1.82) is 0 Å². The van der Waals surface area contributed by atoms with Crippen LogP contribution in [0.3, 0.4) is 0 Å². The molecule has 0 saturated carbocycles. The lowest BCUT2D eigenvalue weighted by Crippen LogP contribution is -2.08. The van der Waals surface area contributed by atoms with Gasteiger partial charge < -0.3 is 4.57 Å². The Morgan fingerprint density at radius 3 is 2.86 bits per heavy atom. The molecule has 0 aliphatic rings. The topological polar surface area (TPSA) is 39.8 Å². The smallest absolute Gasteiger partial charge is 0.152 e. The molecular formula is C16H16ClN3O. The number of nitrogens with zero attached hydrogens (tertiary/aromatic N) is 3. The van der Waals surface area contributed by atoms with E-state index in [2.05, 4.69) is 5.10 Å². The van der Waals surface area contributed by atoms with Crippen molar-refractivity contribution in [2.45, 2.75) is 26.9 Å². The first kappa shape index (κ1) is 13.9. The van der Waals surface area contributed by atoms with E-state index in [0.717, 1.165) is 35.1 Å². The van der Waals surface area contributed by atoms with E-state index in [9.17, 15) is 4.79 Å². The van der Waals surface area contributed by atoms with Gasteiger partial charge in [0.2, 0.25) is 0 Å². The number of para-hydroxylation sites is 1. The Kier molecular flexibility index (Phi) is 3.55. The number of benzene rings is 1. The van der Waals surface area contributed by atoms with E-state index in [-0.39, 0.29) is 0 Å². The number of aromatic nitrogens is 3. The van der Waals surface area contributed by atoms with Gasteiger partial charge in [-0.3, -0.25) is 9.48 Å². The van der Waals surface area contributed by atoms with E-state index in [0.29, 0.717) is 17.1 Å². The number of hydrogen-bond donors (Lipinski definition) is 0. The second kappa shape index (κ2) is 5.37. The number of carbonyl (C=O) groups excluding carboxylic acids is 1. The van der Waals surface area contributed by atoms with Crippen LogP contribution in [0.4, 0.5) is 0 Å². The molecule has 0 unspecified atom stereocenters. The standard InChI is InChI=1S/C16H16ClN3O/c1-3-20-14(15(17)11(2)18-20)9-19-8-7-12-5-4-6-13(10-21)16(12)19/h4-8,10H,3,9H2,1-2H3. The summed E-state index contributed by atoms with van der Waals surface area (Å²) in [6.45, 7) is 5.31. The van der Waals surface area contributed by atoms with Crippen molar-refractivity contribution in [2.75, 3.05) is 0 Å². The highest BCUT2D eigenvalue weighted by atomic mass is 35.5. The zero-order valence-electron chi connectivity index (χ0n) is 12.0. The molecule has 0 atom stereocenters. The van der Waals surface area contributed by atoms with Crippen LogP contribution in [0.2, 0.25) is 5.02 Å². The molecule has 0 spiro atoms. The first-order chi connectivity index (χ1) is 10.2. The van der Waals surface area contributed by atoms with Crippen LogP contribution in [0.5, 0.6) is 0 Å². The monoisotopic (exact) mass is 301 g/mol. The normalized spacial score (nSPS) is 11.2. The molecule has 0 aliphatic carbocycles. The highest BCUT2D eigenvalue weighted by Gasteiger charge is 2.14. The van der Waals surface area contributed by atoms with Gasteiger partial charge in [0.25, 0.3) is 0 Å². The van der Waals surface area contributed by atoms with Crippen LogP contribution in [0.15, 0.2) is 30.5 Å². The summed E-state index contributed by atoms with van der Waals surface area (Å²) in [4.78, 5) is 11.3. The summed E-state index contributed by atoms with van der Waals surface area (Å²) in [7, 11) is 0. The Morgan fingerprint density at radius 2 is 2.14 bits per heavy atom. The van der Waals surface area contributed by atoms with Crippen LogP contribution in [-0.2, 0) is 13.1 Å². The van der Waals surface area contributed by atoms with Crippen LogP contribution in [0.1, 0.15) is 28.7 Å². The molecule has 0 saturated heterocycles. The Labute approximate surface area is 127 Å². The summed E-state index contributed by atoms with van der Waals surface area (Å²) in [5.74, 6) is 0. The lowest BCUT2D eigenvalue weighted by molar-refractivity contribution is 0.112. The maximum Gasteiger partial charge on any atom is 0.152 e. The minimum Gasteiger partial charge on any atom is -0.341 e. The molecule has 21 heavy (non-hydrogen) atoms. The van der Waals surface area contributed by atoms with Gasteiger partial charge >= 0.3 is 0 Å². The average molecular weight is 302 g/mol. The third-order valence-corrected chi connectivity index (χ3v) is 4.21. The van der Waals surface area contributed by atoms with Gasteiger partial charge in [-0.05, 0) is 26.0 Å². The van der Waals surface area contributed by atoms with Gasteiger partial charge in [0.15, 0.2) is 6.29 Å². The number of aldehydes is 1. The second-order valence-corrected chi connectivity index (χ2v) is 5.39. The van der Waals surface area contributed by atoms with Gasteiger partial charge in [-0.2, -0.15) is 5.10 Å². The van der Waals surface area contributed by atoms with Gasteiger partial charge in [-0.15, -0.1) is 0 Å². The van der Waals surface area contributed by atoms with Crippen molar-refractivity contribution >= 4 is 28.8 Å². The highest BCUT2D eigenvalue weighted by Crippen LogP contribution is 2.25. The van der Waals surface area contributed by atoms with Crippen molar-refractivity contribution in [2.24, 2.45) is 0 Å². The lowest BCUT2D eigenvalue weighted by Gasteiger charge is -2.09. The molecule has 0 radical (unpaired) electrons. The Morgan fingerprint density at radius 1 is 1.33 bits per heavy atom. The van der Waals surface area contributed by atoms with Crippen molar-refractivity contribution in [3.8, 4) is 0 Å². The molecule has 2 heterocycles. The SMILES string of the molecule is CCn1nc(C)c(Cl)c1Cn1ccc2cccc(C=O)c21. The molecule has 3 aromatic rings. The molecule has 3 rings (SSSR count). The summed E-state index contributed by atoms with van der Waals surface area (Å²) >= 11 is 6.37. The van der Waals surface area contributed by atoms with Crippen molar-refractivity contribution in [1.82, 2.24) is 14.3 Å². The second-order valence-electron chi connectivity index (χ2n) is 5.01. The number of hydrogen-bond acceptors (Lipinski definition) is 2. The van der Waals surface area contributed by atoms with Crippen molar-refractivity contribution in [3.63, 3.8) is 0 Å². The zero-order chi connectivity index (χ0) is 15.0. The first-order valence-electron chi connectivity index (χ1n) is 6.90. The quantitative estimate of drug-likeness (QED) is 0.690. The predicted octanol–water partition coefficient (Wildman–Crippen LogP) is 3.68. The Balaban J connectivity index is 2.13. The predicted molar refractivity (Wildman–Crippen MR) is 84.1 cm³/mol. The van der Waals surface area contributed by atoms with Crippen LogP contribution < -0.4 is 0 Å². The van der Waals surface area contributed by atoms with Gasteiger partial charge in [-0.25, -0.2) is 0 Å². The molecule has 0 N–H and O–H groups in total. The van der Waals surface area contributed by atoms with Crippen molar-refractivity contribution < 1.29 is 4.79 Å². The van der Waals surface area contributed by atoms with E-state index in [1.807, 2.05) is 53.6 Å². The molecule has 5 heteroatoms. The molecule has 1 aromatic carbocycles. The molecule has 0 amide bonds. The first-order valence-corrected chi connectivity index (χ1v) is 7.28. The zero-order valence-corrected chi connectivity index (χ0v) is 12.8. The lowest BCUT2D eigenvalue weighted by atomic mass is 10.1. The molecule has 4 nitrogen and oxygen atoms in total. The third kappa shape index (κ3) is 2.25. The average Bonchev–Trinajstić information content (AvgIpc) is 3.03. The van der Waals surface area contributed by atoms with Crippen molar-refractivity contribution in [3.05, 3.63) is 52.4 Å². The molecule has 2 aromatic heterocycles. The number of halogens is 1. The van der Waals surface area contributed by atoms with E-state index < -0.39 is 0 Å². The molecule has 0 bridgehead atoms. The molecular weight excluding hydrogens is 286 g/mol. The van der Waals surface area contributed by atoms with Gasteiger partial charge in [0.1, 0.15) is 0 Å². The summed E-state index contributed by atoms with van der Waals surface area (Å²) in [6.07, 6.45) is 2.87. The molecule has 108 valence electrons. The fraction of sp³-hybridized carbons (Fsp3) is 0.250. The van der Waals surface area contributed by atoms with Crippen LogP contribution in [-0.4, -0.2) is 20.6 Å². The van der Waals surface area contributed by atoms with E-state index >= 15 is 0 Å². The van der Waals surface area contributed by atoms with Gasteiger partial charge in [0, 0.05) is 23.7 Å². The van der Waals surface area contributed by atoms with Crippen LogP contribution in [0.25, 0.3) is 10.9 Å². The van der Waals surface area contributed by atoms with Gasteiger partial charge in [-0.1, -0.05) is 23.7 Å². The third-order valence-electron chi connectivity index (χ3n) is 3.72. The number of carbonyl (C=O) groups is 1. The van der Waals surface area contributed by atoms with Crippen LogP contribution >= 0.6 is 11.6 Å². The largest absolute Gasteiger partial charge is 0.341 e. The molecule has 0 aliphatic heterocycles. The number of fused-ring (bicyclic) bond motifs is 1. The number of rotatable bonds is 4. The van der Waals surface area contributed by atoms with Crippen LogP contribution in [0, 0.1) is 6.92 Å². The fourth-order valence-corrected chi connectivity index (χ4v) is 2.89. The summed E-state index contributed by atoms with van der Waals surface area (Å²) in [5, 5.41) is 6.18. The highest BCUT2D eigenvalue weighted by molar-refractivity contribution is 6.31. The minimum atomic E-state index is 0.599. The maximum absolute atomic E-state index is 11.3. The van der Waals surface area contributed by atoms with E-state index in [1.54, 1.807) is 0 Å². The molecule has 0 fully saturated rings. The summed E-state index contributed by atoms with van der Waals surface area (Å²) in [5.41, 5.74) is 3.42. The minimum absolute atomic E-state index is 0.599. The summed E-state index contributed by atoms with van der Waals surface area (Å²) < 4.78 is 3.96. The number of aryl methyl sites for hydroxylation is 2. The van der Waals surface area contributed by atoms with E-state index in [1.165, 1.54) is 0 Å². The van der Waals surface area contributed by atoms with Gasteiger partial charge in [0.05, 0.1) is 28.5 Å².